The van der Waals surface area contributed by atoms with Crippen molar-refractivity contribution in [2.45, 2.75) is 25.8 Å². The lowest BCUT2D eigenvalue weighted by atomic mass is 9.63. The van der Waals surface area contributed by atoms with Gasteiger partial charge in [-0.3, -0.25) is 4.79 Å². The highest BCUT2D eigenvalue weighted by Gasteiger charge is 2.53. The Bertz CT molecular complexity index is 1010. The van der Waals surface area contributed by atoms with Crippen LogP contribution in [0.5, 0.6) is 0 Å². The molecule has 4 nitrogen and oxygen atoms in total. The van der Waals surface area contributed by atoms with Crippen molar-refractivity contribution in [1.82, 2.24) is 5.32 Å². The molecule has 1 heterocycles. The maximum atomic E-state index is 13.6. The van der Waals surface area contributed by atoms with Gasteiger partial charge >= 0.3 is 5.97 Å². The van der Waals surface area contributed by atoms with Crippen LogP contribution in [-0.2, 0) is 4.79 Å². The Morgan fingerprint density at radius 1 is 1.25 bits per heavy atom. The summed E-state index contributed by atoms with van der Waals surface area (Å²) in [7, 11) is 0. The van der Waals surface area contributed by atoms with Crippen LogP contribution in [0.3, 0.4) is 0 Å². The standard InChI is InChI=1S/C21H17Cl2FN2O2/c1-11-21(2,20(27)28)18(15-8-7-14(24)9-17(15)23)16(10-25)19(26-11)12-3-5-13(22)6-4-12/h3-9,11,18,26H,1-2H3,(H,27,28). The van der Waals surface area contributed by atoms with Gasteiger partial charge in [0.05, 0.1) is 22.8 Å². The van der Waals surface area contributed by atoms with Gasteiger partial charge in [-0.1, -0.05) is 41.4 Å². The number of allylic oxidation sites excluding steroid dienone is 1. The van der Waals surface area contributed by atoms with Crippen LogP contribution in [0.1, 0.15) is 30.9 Å². The number of nitrogens with zero attached hydrogens (tertiary/aromatic N) is 1. The van der Waals surface area contributed by atoms with Crippen LogP contribution in [0.4, 0.5) is 4.39 Å². The molecule has 144 valence electrons. The van der Waals surface area contributed by atoms with Crippen molar-refractivity contribution in [2.24, 2.45) is 5.41 Å². The summed E-state index contributed by atoms with van der Waals surface area (Å²) < 4.78 is 13.6. The molecular formula is C21H17Cl2FN2O2. The van der Waals surface area contributed by atoms with Gasteiger partial charge in [-0.15, -0.1) is 0 Å². The molecule has 3 atom stereocenters. The number of carboxylic acids is 1. The molecule has 0 fully saturated rings. The number of nitriles is 1. The highest BCUT2D eigenvalue weighted by atomic mass is 35.5. The van der Waals surface area contributed by atoms with Crippen LogP contribution < -0.4 is 5.32 Å². The summed E-state index contributed by atoms with van der Waals surface area (Å²) in [6.07, 6.45) is 0. The Morgan fingerprint density at radius 3 is 2.43 bits per heavy atom. The molecule has 2 N–H and O–H groups in total. The van der Waals surface area contributed by atoms with Crippen molar-refractivity contribution >= 4 is 34.9 Å². The Balaban J connectivity index is 2.33. The molecule has 0 aromatic heterocycles. The number of carboxylic acid groups (broad SMARTS) is 1. The molecule has 3 rings (SSSR count). The van der Waals surface area contributed by atoms with Gasteiger partial charge in [-0.25, -0.2) is 4.39 Å². The van der Waals surface area contributed by atoms with Gasteiger partial charge in [0.25, 0.3) is 0 Å². The van der Waals surface area contributed by atoms with Crippen LogP contribution >= 0.6 is 23.2 Å². The molecular weight excluding hydrogens is 402 g/mol. The van der Waals surface area contributed by atoms with Gasteiger partial charge < -0.3 is 10.4 Å². The second kappa shape index (κ2) is 7.46. The van der Waals surface area contributed by atoms with Gasteiger partial charge in [0, 0.05) is 22.0 Å². The molecule has 1 aliphatic rings. The minimum atomic E-state index is -1.39. The fourth-order valence-electron chi connectivity index (χ4n) is 3.64. The molecule has 0 spiro atoms. The Hall–Kier alpha value is -2.55. The fraction of sp³-hybridized carbons (Fsp3) is 0.238. The van der Waals surface area contributed by atoms with E-state index < -0.39 is 29.2 Å². The topological polar surface area (TPSA) is 73.1 Å². The first-order chi connectivity index (χ1) is 13.2. The van der Waals surface area contributed by atoms with Crippen LogP contribution in [0.2, 0.25) is 10.0 Å². The lowest BCUT2D eigenvalue weighted by Gasteiger charge is -2.44. The highest BCUT2D eigenvalue weighted by Crippen LogP contribution is 2.50. The van der Waals surface area contributed by atoms with Crippen LogP contribution in [0.25, 0.3) is 5.70 Å². The van der Waals surface area contributed by atoms with Crippen molar-refractivity contribution in [1.29, 1.82) is 5.26 Å². The first-order valence-electron chi connectivity index (χ1n) is 8.55. The van der Waals surface area contributed by atoms with Crippen molar-refractivity contribution in [3.8, 4) is 6.07 Å². The van der Waals surface area contributed by atoms with Gasteiger partial charge in [-0.2, -0.15) is 5.26 Å². The highest BCUT2D eigenvalue weighted by molar-refractivity contribution is 6.31. The molecule has 0 radical (unpaired) electrons. The molecule has 0 amide bonds. The van der Waals surface area contributed by atoms with Gasteiger partial charge in [0.15, 0.2) is 0 Å². The van der Waals surface area contributed by atoms with Gasteiger partial charge in [0.2, 0.25) is 0 Å². The predicted molar refractivity (Wildman–Crippen MR) is 106 cm³/mol. The summed E-state index contributed by atoms with van der Waals surface area (Å²) in [5.74, 6) is -2.49. The lowest BCUT2D eigenvalue weighted by molar-refractivity contribution is -0.150. The molecule has 28 heavy (non-hydrogen) atoms. The van der Waals surface area contributed by atoms with Crippen LogP contribution in [0, 0.1) is 22.6 Å². The third-order valence-electron chi connectivity index (χ3n) is 5.41. The third-order valence-corrected chi connectivity index (χ3v) is 5.99. The Labute approximate surface area is 172 Å². The van der Waals surface area contributed by atoms with Crippen LogP contribution in [-0.4, -0.2) is 17.1 Å². The molecule has 2 aromatic carbocycles. The van der Waals surface area contributed by atoms with E-state index in [0.29, 0.717) is 21.8 Å². The van der Waals surface area contributed by atoms with E-state index in [-0.39, 0.29) is 10.6 Å². The normalized spacial score (nSPS) is 24.4. The number of halogens is 3. The summed E-state index contributed by atoms with van der Waals surface area (Å²) in [5, 5.41) is 23.8. The SMILES string of the molecule is CC1NC(c2ccc(Cl)cc2)=C(C#N)C(c2ccc(F)cc2Cl)C1(C)C(=O)O. The van der Waals surface area contributed by atoms with Gasteiger partial charge in [-0.05, 0) is 49.2 Å². The van der Waals surface area contributed by atoms with Crippen molar-refractivity contribution in [3.05, 3.63) is 75.0 Å². The van der Waals surface area contributed by atoms with Crippen molar-refractivity contribution in [2.75, 3.05) is 0 Å². The van der Waals surface area contributed by atoms with E-state index in [1.165, 1.54) is 12.1 Å². The summed E-state index contributed by atoms with van der Waals surface area (Å²) in [6, 6.07) is 12.3. The van der Waals surface area contributed by atoms with Crippen molar-refractivity contribution < 1.29 is 14.3 Å². The largest absolute Gasteiger partial charge is 0.481 e. The first kappa shape index (κ1) is 20.2. The first-order valence-corrected chi connectivity index (χ1v) is 9.30. The van der Waals surface area contributed by atoms with E-state index in [1.807, 2.05) is 0 Å². The van der Waals surface area contributed by atoms with E-state index in [4.69, 9.17) is 23.2 Å². The second-order valence-electron chi connectivity index (χ2n) is 6.96. The lowest BCUT2D eigenvalue weighted by Crippen LogP contribution is -2.53. The number of aliphatic carboxylic acids is 1. The molecule has 3 unspecified atom stereocenters. The van der Waals surface area contributed by atoms with Crippen molar-refractivity contribution in [3.63, 3.8) is 0 Å². The van der Waals surface area contributed by atoms with Gasteiger partial charge in [0.1, 0.15) is 5.82 Å². The molecule has 7 heteroatoms. The zero-order chi connectivity index (χ0) is 20.6. The van der Waals surface area contributed by atoms with Crippen LogP contribution in [0.15, 0.2) is 48.0 Å². The quantitative estimate of drug-likeness (QED) is 0.714. The zero-order valence-electron chi connectivity index (χ0n) is 15.1. The van der Waals surface area contributed by atoms with E-state index in [0.717, 1.165) is 6.07 Å². The summed E-state index contributed by atoms with van der Waals surface area (Å²) in [6.45, 7) is 3.30. The smallest absolute Gasteiger partial charge is 0.312 e. The minimum absolute atomic E-state index is 0.0785. The Kier molecular flexibility index (Phi) is 5.38. The number of nitrogens with one attached hydrogen (secondary N) is 1. The molecule has 0 saturated carbocycles. The van der Waals surface area contributed by atoms with E-state index in [1.54, 1.807) is 38.1 Å². The number of hydrogen-bond acceptors (Lipinski definition) is 3. The predicted octanol–water partition coefficient (Wildman–Crippen LogP) is 5.23. The monoisotopic (exact) mass is 418 g/mol. The van der Waals surface area contributed by atoms with E-state index >= 15 is 0 Å². The molecule has 1 aliphatic heterocycles. The average Bonchev–Trinajstić information content (AvgIpc) is 2.64. The summed E-state index contributed by atoms with van der Waals surface area (Å²) in [4.78, 5) is 12.3. The number of benzene rings is 2. The summed E-state index contributed by atoms with van der Waals surface area (Å²) in [5.41, 5.74) is 0.435. The zero-order valence-corrected chi connectivity index (χ0v) is 16.6. The molecule has 0 bridgehead atoms. The third kappa shape index (κ3) is 3.23. The number of carbonyl (C=O) groups is 1. The molecule has 2 aromatic rings. The van der Waals surface area contributed by atoms with E-state index in [2.05, 4.69) is 11.4 Å². The Morgan fingerprint density at radius 2 is 1.89 bits per heavy atom. The molecule has 0 aliphatic carbocycles. The minimum Gasteiger partial charge on any atom is -0.481 e. The maximum Gasteiger partial charge on any atom is 0.312 e. The van der Waals surface area contributed by atoms with E-state index in [9.17, 15) is 19.6 Å². The summed E-state index contributed by atoms with van der Waals surface area (Å²) >= 11 is 12.2. The number of rotatable bonds is 3. The number of hydrogen-bond donors (Lipinski definition) is 2. The maximum absolute atomic E-state index is 13.6. The second-order valence-corrected chi connectivity index (χ2v) is 7.80. The fourth-order valence-corrected chi connectivity index (χ4v) is 4.04. The molecule has 0 saturated heterocycles. The average molecular weight is 419 g/mol.